The summed E-state index contributed by atoms with van der Waals surface area (Å²) in [5.41, 5.74) is 6.86. The second kappa shape index (κ2) is 9.35. The molecule has 1 aliphatic heterocycles. The third-order valence-electron chi connectivity index (χ3n) is 7.37. The number of amidine groups is 1. The molecule has 2 aliphatic rings. The van der Waals surface area contributed by atoms with Gasteiger partial charge in [-0.1, -0.05) is 35.9 Å². The highest BCUT2D eigenvalue weighted by atomic mass is 16.1. The van der Waals surface area contributed by atoms with E-state index in [9.17, 15) is 4.79 Å². The zero-order valence-corrected chi connectivity index (χ0v) is 21.5. The van der Waals surface area contributed by atoms with E-state index >= 15 is 0 Å². The quantitative estimate of drug-likeness (QED) is 0.455. The van der Waals surface area contributed by atoms with Crippen molar-refractivity contribution >= 4 is 22.4 Å². The summed E-state index contributed by atoms with van der Waals surface area (Å²) in [4.78, 5) is 23.2. The molecule has 1 aliphatic carbocycles. The first-order valence-electron chi connectivity index (χ1n) is 12.8. The Balaban J connectivity index is 1.44. The smallest absolute Gasteiger partial charge is 0.262 e. The third-order valence-corrected chi connectivity index (χ3v) is 7.37. The summed E-state index contributed by atoms with van der Waals surface area (Å²) in [6.45, 7) is 5.03. The molecule has 0 radical (unpaired) electrons. The first-order valence-corrected chi connectivity index (χ1v) is 12.8. The van der Waals surface area contributed by atoms with Gasteiger partial charge in [0.2, 0.25) is 0 Å². The van der Waals surface area contributed by atoms with E-state index in [0.717, 1.165) is 53.3 Å². The minimum atomic E-state index is -0.0168. The molecule has 37 heavy (non-hydrogen) atoms. The molecule has 0 bridgehead atoms. The third kappa shape index (κ3) is 4.33. The van der Waals surface area contributed by atoms with E-state index < -0.39 is 0 Å². The van der Waals surface area contributed by atoms with Crippen LogP contribution in [0.5, 0.6) is 0 Å². The number of aliphatic imine (C=N–C) groups is 1. The lowest BCUT2D eigenvalue weighted by atomic mass is 9.84. The van der Waals surface area contributed by atoms with Crippen molar-refractivity contribution in [3.8, 4) is 0 Å². The SMILES string of the molecule is CC1=C(Cn2c(=O)c3ccccc3n3nc(C)cc23)NC(=NCc2cn(C)cn2)C2=CC=CCC2CC1. The van der Waals surface area contributed by atoms with Gasteiger partial charge in [0.25, 0.3) is 5.56 Å². The molecule has 0 amide bonds. The van der Waals surface area contributed by atoms with Crippen LogP contribution in [0.4, 0.5) is 0 Å². The standard InChI is InChI=1S/C29H31N7O/c1-19-12-13-21-8-4-5-9-23(21)28(30-15-22-16-34(3)18-31-22)32-25(19)17-35-27-14-20(2)33-36(27)26-11-7-6-10-24(26)29(35)37/h4-7,9-11,14,16,18,21H,8,12-13,15,17H2,1-3H3,(H,30,32). The number of aromatic nitrogens is 5. The van der Waals surface area contributed by atoms with E-state index in [-0.39, 0.29) is 5.56 Å². The fraction of sp³-hybridized carbons (Fsp3) is 0.310. The van der Waals surface area contributed by atoms with Crippen LogP contribution in [0.2, 0.25) is 0 Å². The molecular formula is C29H31N7O. The zero-order chi connectivity index (χ0) is 25.5. The van der Waals surface area contributed by atoms with Gasteiger partial charge in [0.15, 0.2) is 0 Å². The average Bonchev–Trinajstić information content (AvgIpc) is 3.50. The summed E-state index contributed by atoms with van der Waals surface area (Å²) in [5, 5.41) is 9.03. The van der Waals surface area contributed by atoms with Crippen molar-refractivity contribution < 1.29 is 0 Å². The normalized spacial score (nSPS) is 19.2. The molecule has 188 valence electrons. The topological polar surface area (TPSA) is 81.5 Å². The van der Waals surface area contributed by atoms with Gasteiger partial charge >= 0.3 is 0 Å². The van der Waals surface area contributed by atoms with Crippen molar-refractivity contribution in [1.29, 1.82) is 0 Å². The Labute approximate surface area is 215 Å². The van der Waals surface area contributed by atoms with Gasteiger partial charge in [-0.3, -0.25) is 14.4 Å². The highest BCUT2D eigenvalue weighted by Gasteiger charge is 2.25. The average molecular weight is 494 g/mol. The van der Waals surface area contributed by atoms with Crippen molar-refractivity contribution in [1.82, 2.24) is 29.0 Å². The van der Waals surface area contributed by atoms with Crippen molar-refractivity contribution in [3.63, 3.8) is 0 Å². The van der Waals surface area contributed by atoms with E-state index in [0.29, 0.717) is 24.4 Å². The van der Waals surface area contributed by atoms with Gasteiger partial charge in [0.1, 0.15) is 11.5 Å². The number of imidazole rings is 1. The Hall–Kier alpha value is -4.20. The van der Waals surface area contributed by atoms with E-state index in [1.165, 1.54) is 11.1 Å². The largest absolute Gasteiger partial charge is 0.342 e. The Morgan fingerprint density at radius 1 is 1.22 bits per heavy atom. The summed E-state index contributed by atoms with van der Waals surface area (Å²) >= 11 is 0. The fourth-order valence-electron chi connectivity index (χ4n) is 5.36. The van der Waals surface area contributed by atoms with E-state index in [2.05, 4.69) is 35.5 Å². The van der Waals surface area contributed by atoms with Crippen molar-refractivity contribution in [2.45, 2.75) is 46.2 Å². The van der Waals surface area contributed by atoms with Crippen LogP contribution in [-0.4, -0.2) is 29.6 Å². The van der Waals surface area contributed by atoms with Crippen LogP contribution in [0.25, 0.3) is 16.6 Å². The fourth-order valence-corrected chi connectivity index (χ4v) is 5.36. The Bertz CT molecular complexity index is 1690. The van der Waals surface area contributed by atoms with Gasteiger partial charge in [0.05, 0.1) is 41.7 Å². The Morgan fingerprint density at radius 3 is 2.92 bits per heavy atom. The first kappa shape index (κ1) is 23.2. The van der Waals surface area contributed by atoms with Gasteiger partial charge < -0.3 is 9.88 Å². The lowest BCUT2D eigenvalue weighted by Gasteiger charge is -2.29. The number of rotatable bonds is 4. The Kier molecular flexibility index (Phi) is 5.87. The summed E-state index contributed by atoms with van der Waals surface area (Å²) < 4.78 is 5.65. The molecule has 3 aromatic heterocycles. The number of fused-ring (bicyclic) bond motifs is 4. The van der Waals surface area contributed by atoms with Crippen LogP contribution in [0, 0.1) is 12.8 Å². The maximum atomic E-state index is 13.7. The van der Waals surface area contributed by atoms with Crippen LogP contribution in [-0.2, 0) is 20.1 Å². The number of nitrogens with one attached hydrogen (secondary N) is 1. The van der Waals surface area contributed by atoms with Crippen LogP contribution >= 0.6 is 0 Å². The molecule has 0 fully saturated rings. The number of allylic oxidation sites excluding steroid dienone is 5. The van der Waals surface area contributed by atoms with E-state index in [1.54, 1.807) is 6.33 Å². The highest BCUT2D eigenvalue weighted by molar-refractivity contribution is 6.00. The molecule has 0 spiro atoms. The minimum Gasteiger partial charge on any atom is -0.342 e. The van der Waals surface area contributed by atoms with Crippen LogP contribution < -0.4 is 10.9 Å². The summed E-state index contributed by atoms with van der Waals surface area (Å²) in [6, 6.07) is 9.65. The summed E-state index contributed by atoms with van der Waals surface area (Å²) in [6.07, 6.45) is 13.3. The van der Waals surface area contributed by atoms with Crippen molar-refractivity contribution in [3.05, 3.63) is 99.7 Å². The molecule has 6 rings (SSSR count). The monoisotopic (exact) mass is 493 g/mol. The van der Waals surface area contributed by atoms with Crippen molar-refractivity contribution in [2.75, 3.05) is 0 Å². The predicted octanol–water partition coefficient (Wildman–Crippen LogP) is 4.45. The van der Waals surface area contributed by atoms with Gasteiger partial charge in [-0.2, -0.15) is 5.10 Å². The van der Waals surface area contributed by atoms with E-state index in [4.69, 9.17) is 10.1 Å². The zero-order valence-electron chi connectivity index (χ0n) is 21.5. The molecule has 8 nitrogen and oxygen atoms in total. The van der Waals surface area contributed by atoms with Crippen molar-refractivity contribution in [2.24, 2.45) is 18.0 Å². The molecule has 1 unspecified atom stereocenters. The van der Waals surface area contributed by atoms with Gasteiger partial charge in [-0.25, -0.2) is 9.50 Å². The summed E-state index contributed by atoms with van der Waals surface area (Å²) in [7, 11) is 1.96. The lowest BCUT2D eigenvalue weighted by molar-refractivity contribution is 0.560. The van der Waals surface area contributed by atoms with Gasteiger partial charge in [0, 0.05) is 25.0 Å². The second-order valence-corrected chi connectivity index (χ2v) is 10.1. The molecule has 0 saturated heterocycles. The van der Waals surface area contributed by atoms with E-state index in [1.807, 2.05) is 64.1 Å². The maximum absolute atomic E-state index is 13.7. The number of hydrogen-bond donors (Lipinski definition) is 1. The summed E-state index contributed by atoms with van der Waals surface area (Å²) in [5.74, 6) is 1.28. The molecular weight excluding hydrogens is 462 g/mol. The number of nitrogens with zero attached hydrogens (tertiary/aromatic N) is 6. The molecule has 1 N–H and O–H groups in total. The molecule has 4 heterocycles. The van der Waals surface area contributed by atoms with Crippen LogP contribution in [0.3, 0.4) is 0 Å². The Morgan fingerprint density at radius 2 is 2.08 bits per heavy atom. The van der Waals surface area contributed by atoms with Crippen LogP contribution in [0.1, 0.15) is 37.6 Å². The van der Waals surface area contributed by atoms with Gasteiger partial charge in [-0.15, -0.1) is 0 Å². The number of benzene rings is 1. The highest BCUT2D eigenvalue weighted by Crippen LogP contribution is 2.31. The molecule has 0 saturated carbocycles. The lowest BCUT2D eigenvalue weighted by Crippen LogP contribution is -2.35. The predicted molar refractivity (Wildman–Crippen MR) is 146 cm³/mol. The molecule has 1 atom stereocenters. The number of para-hydroxylation sites is 1. The first-order chi connectivity index (χ1) is 18.0. The molecule has 8 heteroatoms. The molecule has 4 aromatic rings. The number of aryl methyl sites for hydroxylation is 2. The number of hydrogen-bond acceptors (Lipinski definition) is 4. The maximum Gasteiger partial charge on any atom is 0.262 e. The minimum absolute atomic E-state index is 0.0168. The van der Waals surface area contributed by atoms with Crippen LogP contribution in [0.15, 0.2) is 87.7 Å². The van der Waals surface area contributed by atoms with Gasteiger partial charge in [-0.05, 0) is 56.7 Å². The molecule has 1 aromatic carbocycles. The second-order valence-electron chi connectivity index (χ2n) is 10.1.